The topological polar surface area (TPSA) is 121 Å². The molecule has 0 fully saturated rings. The fourth-order valence-corrected chi connectivity index (χ4v) is 3.21. The fraction of sp³-hybridized carbons (Fsp3) is 0.238. The number of hydrogen-bond donors (Lipinski definition) is 2. The number of halogens is 1. The molecule has 0 spiro atoms. The predicted molar refractivity (Wildman–Crippen MR) is 122 cm³/mol. The second-order valence-electron chi connectivity index (χ2n) is 6.51. The fourth-order valence-electron chi connectivity index (χ4n) is 3.04. The van der Waals surface area contributed by atoms with E-state index >= 15 is 0 Å². The summed E-state index contributed by atoms with van der Waals surface area (Å²) in [6, 6.07) is 10.5. The first kappa shape index (κ1) is 22.9. The Morgan fingerprint density at radius 3 is 2.34 bits per heavy atom. The lowest BCUT2D eigenvalue weighted by Crippen LogP contribution is -2.11. The molecule has 0 bridgehead atoms. The molecule has 0 amide bonds. The minimum absolute atomic E-state index is 0.0131. The predicted octanol–water partition coefficient (Wildman–Crippen LogP) is 4.46. The molecule has 168 valence electrons. The quantitative estimate of drug-likeness (QED) is 0.334. The molecule has 1 heterocycles. The molecule has 0 radical (unpaired) electrons. The largest absolute Gasteiger partial charge is 0.495 e. The van der Waals surface area contributed by atoms with Gasteiger partial charge in [0.05, 0.1) is 31.9 Å². The molecule has 2 N–H and O–H groups in total. The zero-order chi connectivity index (χ0) is 23.1. The van der Waals surface area contributed by atoms with E-state index in [1.54, 1.807) is 32.4 Å². The van der Waals surface area contributed by atoms with Gasteiger partial charge in [-0.3, -0.25) is 10.1 Å². The van der Waals surface area contributed by atoms with Gasteiger partial charge in [-0.15, -0.1) is 0 Å². The molecule has 0 atom stereocenters. The SMILES string of the molecule is COc1ccc(Cl)cc1Nc1ncnc(NCCc2ccc(OC)c(OC)c2)c1[N+](=O)[O-]. The van der Waals surface area contributed by atoms with Gasteiger partial charge in [0.2, 0.25) is 11.6 Å². The van der Waals surface area contributed by atoms with Crippen molar-refractivity contribution >= 4 is 34.6 Å². The molecule has 1 aromatic heterocycles. The Bertz CT molecular complexity index is 1110. The van der Waals surface area contributed by atoms with Crippen molar-refractivity contribution in [3.63, 3.8) is 0 Å². The molecular weight excluding hydrogens is 438 g/mol. The van der Waals surface area contributed by atoms with Crippen LogP contribution in [0.5, 0.6) is 17.2 Å². The zero-order valence-electron chi connectivity index (χ0n) is 17.7. The maximum absolute atomic E-state index is 11.8. The van der Waals surface area contributed by atoms with Crippen LogP contribution in [-0.4, -0.2) is 42.8 Å². The van der Waals surface area contributed by atoms with Gasteiger partial charge in [0.25, 0.3) is 0 Å². The lowest BCUT2D eigenvalue weighted by Gasteiger charge is -2.13. The van der Waals surface area contributed by atoms with Crippen molar-refractivity contribution in [2.24, 2.45) is 0 Å². The highest BCUT2D eigenvalue weighted by atomic mass is 35.5. The Morgan fingerprint density at radius 2 is 1.66 bits per heavy atom. The van der Waals surface area contributed by atoms with Gasteiger partial charge in [-0.05, 0) is 42.3 Å². The number of rotatable bonds is 10. The summed E-state index contributed by atoms with van der Waals surface area (Å²) in [6.45, 7) is 0.396. The molecule has 0 aliphatic heterocycles. The summed E-state index contributed by atoms with van der Waals surface area (Å²) in [4.78, 5) is 19.3. The minimum atomic E-state index is -0.544. The maximum atomic E-state index is 11.8. The number of benzene rings is 2. The monoisotopic (exact) mass is 459 g/mol. The van der Waals surface area contributed by atoms with Crippen LogP contribution in [0.25, 0.3) is 0 Å². The number of nitro groups is 1. The second kappa shape index (κ2) is 10.5. The standard InChI is InChI=1S/C21H22ClN5O5/c1-30-16-7-5-14(22)11-15(16)26-21-19(27(28)29)20(24-12-25-21)23-9-8-13-4-6-17(31-2)18(10-13)32-3/h4-7,10-12H,8-9H2,1-3H3,(H2,23,24,25,26). The molecule has 0 unspecified atom stereocenters. The second-order valence-corrected chi connectivity index (χ2v) is 6.95. The van der Waals surface area contributed by atoms with Crippen LogP contribution in [-0.2, 0) is 6.42 Å². The highest BCUT2D eigenvalue weighted by Gasteiger charge is 2.24. The third-order valence-corrected chi connectivity index (χ3v) is 4.81. The molecule has 2 aromatic carbocycles. The normalized spacial score (nSPS) is 10.4. The number of anilines is 3. The van der Waals surface area contributed by atoms with E-state index in [0.717, 1.165) is 5.56 Å². The molecular formula is C21H22ClN5O5. The van der Waals surface area contributed by atoms with Crippen LogP contribution in [0.1, 0.15) is 5.56 Å². The lowest BCUT2D eigenvalue weighted by atomic mass is 10.1. The summed E-state index contributed by atoms with van der Waals surface area (Å²) in [5.41, 5.74) is 1.12. The molecule has 11 heteroatoms. The van der Waals surface area contributed by atoms with E-state index in [0.29, 0.717) is 40.9 Å². The summed E-state index contributed by atoms with van der Waals surface area (Å²) in [5.74, 6) is 1.81. The molecule has 32 heavy (non-hydrogen) atoms. The van der Waals surface area contributed by atoms with E-state index in [9.17, 15) is 10.1 Å². The van der Waals surface area contributed by atoms with Gasteiger partial charge < -0.3 is 24.8 Å². The van der Waals surface area contributed by atoms with E-state index in [1.807, 2.05) is 18.2 Å². The lowest BCUT2D eigenvalue weighted by molar-refractivity contribution is -0.383. The summed E-state index contributed by atoms with van der Waals surface area (Å²) in [5, 5.41) is 18.2. The van der Waals surface area contributed by atoms with E-state index < -0.39 is 4.92 Å². The molecule has 0 saturated carbocycles. The first-order valence-corrected chi connectivity index (χ1v) is 9.89. The summed E-state index contributed by atoms with van der Waals surface area (Å²) >= 11 is 6.05. The first-order chi connectivity index (χ1) is 15.5. The van der Waals surface area contributed by atoms with Crippen molar-refractivity contribution in [3.05, 3.63) is 63.4 Å². The van der Waals surface area contributed by atoms with Crippen molar-refractivity contribution in [2.75, 3.05) is 38.5 Å². The number of nitrogens with zero attached hydrogens (tertiary/aromatic N) is 3. The van der Waals surface area contributed by atoms with E-state index in [1.165, 1.54) is 13.4 Å². The van der Waals surface area contributed by atoms with Gasteiger partial charge in [-0.2, -0.15) is 0 Å². The van der Waals surface area contributed by atoms with Crippen LogP contribution in [0.4, 0.5) is 23.0 Å². The third kappa shape index (κ3) is 5.27. The minimum Gasteiger partial charge on any atom is -0.495 e. The average molecular weight is 460 g/mol. The van der Waals surface area contributed by atoms with Crippen LogP contribution in [0.2, 0.25) is 5.02 Å². The average Bonchev–Trinajstić information content (AvgIpc) is 2.79. The van der Waals surface area contributed by atoms with Gasteiger partial charge in [-0.1, -0.05) is 17.7 Å². The Morgan fingerprint density at radius 1 is 0.969 bits per heavy atom. The van der Waals surface area contributed by atoms with Crippen molar-refractivity contribution in [1.29, 1.82) is 0 Å². The summed E-state index contributed by atoms with van der Waals surface area (Å²) in [7, 11) is 4.62. The summed E-state index contributed by atoms with van der Waals surface area (Å²) in [6.07, 6.45) is 1.82. The van der Waals surface area contributed by atoms with Crippen LogP contribution >= 0.6 is 11.6 Å². The van der Waals surface area contributed by atoms with Crippen LogP contribution in [0, 0.1) is 10.1 Å². The van der Waals surface area contributed by atoms with Crippen molar-refractivity contribution in [3.8, 4) is 17.2 Å². The van der Waals surface area contributed by atoms with Gasteiger partial charge >= 0.3 is 5.69 Å². The smallest absolute Gasteiger partial charge is 0.353 e. The highest BCUT2D eigenvalue weighted by molar-refractivity contribution is 6.31. The zero-order valence-corrected chi connectivity index (χ0v) is 18.5. The van der Waals surface area contributed by atoms with Crippen LogP contribution in [0.3, 0.4) is 0 Å². The molecule has 0 aliphatic rings. The van der Waals surface area contributed by atoms with Gasteiger partial charge in [0.1, 0.15) is 12.1 Å². The molecule has 0 aliphatic carbocycles. The number of nitrogens with one attached hydrogen (secondary N) is 2. The maximum Gasteiger partial charge on any atom is 0.353 e. The third-order valence-electron chi connectivity index (χ3n) is 4.57. The van der Waals surface area contributed by atoms with E-state index in [-0.39, 0.29) is 17.3 Å². The molecule has 3 aromatic rings. The number of methoxy groups -OCH3 is 3. The molecule has 3 rings (SSSR count). The molecule has 0 saturated heterocycles. The van der Waals surface area contributed by atoms with Crippen LogP contribution in [0.15, 0.2) is 42.7 Å². The Balaban J connectivity index is 1.80. The van der Waals surface area contributed by atoms with Gasteiger partial charge in [0, 0.05) is 11.6 Å². The number of hydrogen-bond acceptors (Lipinski definition) is 9. The number of ether oxygens (including phenoxy) is 3. The Labute approximate surface area is 189 Å². The van der Waals surface area contributed by atoms with Crippen molar-refractivity contribution < 1.29 is 19.1 Å². The summed E-state index contributed by atoms with van der Waals surface area (Å²) < 4.78 is 15.8. The van der Waals surface area contributed by atoms with Crippen LogP contribution < -0.4 is 24.8 Å². The van der Waals surface area contributed by atoms with Gasteiger partial charge in [0.15, 0.2) is 11.5 Å². The molecule has 10 nitrogen and oxygen atoms in total. The van der Waals surface area contributed by atoms with E-state index in [2.05, 4.69) is 20.6 Å². The van der Waals surface area contributed by atoms with Crippen molar-refractivity contribution in [1.82, 2.24) is 9.97 Å². The van der Waals surface area contributed by atoms with Gasteiger partial charge in [-0.25, -0.2) is 9.97 Å². The Hall–Kier alpha value is -3.79. The highest BCUT2D eigenvalue weighted by Crippen LogP contribution is 2.35. The number of aromatic nitrogens is 2. The van der Waals surface area contributed by atoms with Crippen molar-refractivity contribution in [2.45, 2.75) is 6.42 Å². The van der Waals surface area contributed by atoms with E-state index in [4.69, 9.17) is 25.8 Å². The Kier molecular flexibility index (Phi) is 7.50. The first-order valence-electron chi connectivity index (χ1n) is 9.51.